The number of benzene rings is 2. The summed E-state index contributed by atoms with van der Waals surface area (Å²) in [5, 5.41) is 2.81. The Morgan fingerprint density at radius 3 is 2.75 bits per heavy atom. The molecular formula is C23H28N2O3. The SMILES string of the molecule is CCCCc1ccc2c(c1)C(NC(C)=O)C(=O)N2CCOc1cccc(C)c1. The normalized spacial score (nSPS) is 15.5. The molecule has 5 heteroatoms. The molecule has 0 fully saturated rings. The van der Waals surface area contributed by atoms with Crippen LogP contribution >= 0.6 is 0 Å². The van der Waals surface area contributed by atoms with Crippen LogP contribution in [0.3, 0.4) is 0 Å². The predicted molar refractivity (Wildman–Crippen MR) is 111 cm³/mol. The molecule has 0 spiro atoms. The fourth-order valence-electron chi connectivity index (χ4n) is 3.56. The lowest BCUT2D eigenvalue weighted by Crippen LogP contribution is -2.38. The molecule has 0 saturated carbocycles. The van der Waals surface area contributed by atoms with Crippen LogP contribution in [0.5, 0.6) is 5.75 Å². The molecule has 1 heterocycles. The van der Waals surface area contributed by atoms with Crippen LogP contribution in [0.25, 0.3) is 0 Å². The highest BCUT2D eigenvalue weighted by Crippen LogP contribution is 2.36. The van der Waals surface area contributed by atoms with E-state index in [2.05, 4.69) is 24.4 Å². The molecule has 0 radical (unpaired) electrons. The van der Waals surface area contributed by atoms with Crippen LogP contribution in [-0.2, 0) is 16.0 Å². The summed E-state index contributed by atoms with van der Waals surface area (Å²) in [5.41, 5.74) is 4.06. The highest BCUT2D eigenvalue weighted by molar-refractivity contribution is 6.06. The average Bonchev–Trinajstić information content (AvgIpc) is 2.91. The maximum absolute atomic E-state index is 13.0. The Bertz CT molecular complexity index is 863. The molecule has 1 N–H and O–H groups in total. The van der Waals surface area contributed by atoms with Crippen LogP contribution in [0.2, 0.25) is 0 Å². The molecule has 2 aromatic rings. The van der Waals surface area contributed by atoms with Gasteiger partial charge in [0.05, 0.1) is 6.54 Å². The number of anilines is 1. The van der Waals surface area contributed by atoms with Crippen molar-refractivity contribution in [3.8, 4) is 5.75 Å². The minimum absolute atomic E-state index is 0.106. The van der Waals surface area contributed by atoms with Gasteiger partial charge in [-0.3, -0.25) is 9.59 Å². The minimum atomic E-state index is -0.618. The summed E-state index contributed by atoms with van der Waals surface area (Å²) < 4.78 is 5.82. The summed E-state index contributed by atoms with van der Waals surface area (Å²) in [6.45, 7) is 6.44. The molecule has 28 heavy (non-hydrogen) atoms. The summed E-state index contributed by atoms with van der Waals surface area (Å²) >= 11 is 0. The highest BCUT2D eigenvalue weighted by Gasteiger charge is 2.37. The van der Waals surface area contributed by atoms with E-state index in [1.54, 1.807) is 4.90 Å². The van der Waals surface area contributed by atoms with Crippen LogP contribution in [0, 0.1) is 6.92 Å². The molecule has 1 aliphatic heterocycles. The lowest BCUT2D eigenvalue weighted by molar-refractivity contribution is -0.126. The molecule has 2 aromatic carbocycles. The van der Waals surface area contributed by atoms with Gasteiger partial charge in [0, 0.05) is 18.2 Å². The lowest BCUT2D eigenvalue weighted by Gasteiger charge is -2.18. The van der Waals surface area contributed by atoms with Crippen LogP contribution in [0.1, 0.15) is 49.4 Å². The maximum atomic E-state index is 13.0. The summed E-state index contributed by atoms with van der Waals surface area (Å²) in [6.07, 6.45) is 3.19. The number of hydrogen-bond acceptors (Lipinski definition) is 3. The number of hydrogen-bond donors (Lipinski definition) is 1. The van der Waals surface area contributed by atoms with E-state index in [1.165, 1.54) is 12.5 Å². The lowest BCUT2D eigenvalue weighted by atomic mass is 10.0. The Morgan fingerprint density at radius 1 is 1.21 bits per heavy atom. The van der Waals surface area contributed by atoms with Crippen molar-refractivity contribution >= 4 is 17.5 Å². The Kier molecular flexibility index (Phi) is 6.34. The number of aryl methyl sites for hydroxylation is 2. The Balaban J connectivity index is 1.76. The topological polar surface area (TPSA) is 58.6 Å². The summed E-state index contributed by atoms with van der Waals surface area (Å²) in [6, 6.07) is 13.4. The van der Waals surface area contributed by atoms with Crippen molar-refractivity contribution in [1.82, 2.24) is 5.32 Å². The van der Waals surface area contributed by atoms with Gasteiger partial charge in [-0.25, -0.2) is 0 Å². The number of carbonyl (C=O) groups is 2. The Morgan fingerprint density at radius 2 is 2.04 bits per heavy atom. The first kappa shape index (κ1) is 19.9. The van der Waals surface area contributed by atoms with E-state index in [1.807, 2.05) is 37.3 Å². The summed E-state index contributed by atoms with van der Waals surface area (Å²) in [5.74, 6) is 0.479. The Hall–Kier alpha value is -2.82. The molecule has 3 rings (SSSR count). The quantitative estimate of drug-likeness (QED) is 0.755. The van der Waals surface area contributed by atoms with Gasteiger partial charge >= 0.3 is 0 Å². The van der Waals surface area contributed by atoms with Gasteiger partial charge < -0.3 is 15.0 Å². The van der Waals surface area contributed by atoms with Crippen molar-refractivity contribution < 1.29 is 14.3 Å². The van der Waals surface area contributed by atoms with Gasteiger partial charge in [-0.1, -0.05) is 37.6 Å². The number of nitrogens with zero attached hydrogens (tertiary/aromatic N) is 1. The molecule has 0 saturated heterocycles. The van der Waals surface area contributed by atoms with E-state index < -0.39 is 6.04 Å². The van der Waals surface area contributed by atoms with E-state index in [0.717, 1.165) is 41.8 Å². The number of carbonyl (C=O) groups excluding carboxylic acids is 2. The first-order valence-electron chi connectivity index (χ1n) is 9.90. The first-order valence-corrected chi connectivity index (χ1v) is 9.90. The van der Waals surface area contributed by atoms with Gasteiger partial charge in [-0.05, 0) is 49.1 Å². The third-order valence-electron chi connectivity index (χ3n) is 4.95. The number of nitrogens with one attached hydrogen (secondary N) is 1. The number of ether oxygens (including phenoxy) is 1. The number of rotatable bonds is 8. The zero-order valence-corrected chi connectivity index (χ0v) is 16.8. The van der Waals surface area contributed by atoms with E-state index in [0.29, 0.717) is 13.2 Å². The van der Waals surface area contributed by atoms with Gasteiger partial charge in [0.15, 0.2) is 0 Å². The van der Waals surface area contributed by atoms with Gasteiger partial charge in [-0.2, -0.15) is 0 Å². The zero-order valence-electron chi connectivity index (χ0n) is 16.8. The van der Waals surface area contributed by atoms with Gasteiger partial charge in [0.25, 0.3) is 5.91 Å². The summed E-state index contributed by atoms with van der Waals surface area (Å²) in [7, 11) is 0. The molecule has 1 aliphatic rings. The maximum Gasteiger partial charge on any atom is 0.254 e. The molecule has 2 amide bonds. The van der Waals surface area contributed by atoms with E-state index in [-0.39, 0.29) is 11.8 Å². The smallest absolute Gasteiger partial charge is 0.254 e. The van der Waals surface area contributed by atoms with Crippen LogP contribution in [-0.4, -0.2) is 25.0 Å². The van der Waals surface area contributed by atoms with E-state index in [9.17, 15) is 9.59 Å². The molecule has 0 bridgehead atoms. The monoisotopic (exact) mass is 380 g/mol. The van der Waals surface area contributed by atoms with Gasteiger partial charge in [0.2, 0.25) is 5.91 Å². The van der Waals surface area contributed by atoms with Crippen LogP contribution in [0.4, 0.5) is 5.69 Å². The molecule has 5 nitrogen and oxygen atoms in total. The van der Waals surface area contributed by atoms with E-state index in [4.69, 9.17) is 4.74 Å². The molecular weight excluding hydrogens is 352 g/mol. The number of unbranched alkanes of at least 4 members (excludes halogenated alkanes) is 1. The highest BCUT2D eigenvalue weighted by atomic mass is 16.5. The average molecular weight is 380 g/mol. The number of fused-ring (bicyclic) bond motifs is 1. The molecule has 0 aliphatic carbocycles. The van der Waals surface area contributed by atoms with Crippen molar-refractivity contribution in [2.24, 2.45) is 0 Å². The zero-order chi connectivity index (χ0) is 20.1. The number of amides is 2. The van der Waals surface area contributed by atoms with Crippen molar-refractivity contribution in [3.05, 3.63) is 59.2 Å². The predicted octanol–water partition coefficient (Wildman–Crippen LogP) is 3.94. The summed E-state index contributed by atoms with van der Waals surface area (Å²) in [4.78, 5) is 26.3. The molecule has 1 atom stereocenters. The van der Waals surface area contributed by atoms with Crippen molar-refractivity contribution in [2.75, 3.05) is 18.1 Å². The molecule has 1 unspecified atom stereocenters. The second kappa shape index (κ2) is 8.91. The standard InChI is InChI=1S/C23H28N2O3/c1-4-5-8-18-10-11-21-20(15-18)22(24-17(3)26)23(27)25(21)12-13-28-19-9-6-7-16(2)14-19/h6-7,9-11,14-15,22H,4-5,8,12-13H2,1-3H3,(H,24,26). The fraction of sp³-hybridized carbons (Fsp3) is 0.391. The van der Waals surface area contributed by atoms with Crippen molar-refractivity contribution in [3.63, 3.8) is 0 Å². The second-order valence-electron chi connectivity index (χ2n) is 7.29. The fourth-order valence-corrected chi connectivity index (χ4v) is 3.56. The minimum Gasteiger partial charge on any atom is -0.492 e. The van der Waals surface area contributed by atoms with Crippen molar-refractivity contribution in [2.45, 2.75) is 46.1 Å². The van der Waals surface area contributed by atoms with Gasteiger partial charge in [0.1, 0.15) is 18.4 Å². The van der Waals surface area contributed by atoms with Crippen molar-refractivity contribution in [1.29, 1.82) is 0 Å². The van der Waals surface area contributed by atoms with E-state index >= 15 is 0 Å². The van der Waals surface area contributed by atoms with Gasteiger partial charge in [-0.15, -0.1) is 0 Å². The third kappa shape index (κ3) is 4.53. The van der Waals surface area contributed by atoms with Crippen LogP contribution in [0.15, 0.2) is 42.5 Å². The largest absolute Gasteiger partial charge is 0.492 e. The second-order valence-corrected chi connectivity index (χ2v) is 7.29. The Labute approximate surface area is 166 Å². The molecule has 148 valence electrons. The third-order valence-corrected chi connectivity index (χ3v) is 4.95. The molecule has 0 aromatic heterocycles. The first-order chi connectivity index (χ1) is 13.5. The van der Waals surface area contributed by atoms with Crippen LogP contribution < -0.4 is 15.0 Å².